The van der Waals surface area contributed by atoms with E-state index in [0.717, 1.165) is 56.9 Å². The van der Waals surface area contributed by atoms with Crippen LogP contribution in [0.2, 0.25) is 5.02 Å². The zero-order valence-electron chi connectivity index (χ0n) is 36.1. The summed E-state index contributed by atoms with van der Waals surface area (Å²) in [4.78, 5) is 52.2. The van der Waals surface area contributed by atoms with Gasteiger partial charge in [-0.3, -0.25) is 19.2 Å². The molecule has 6 N–H and O–H groups in total. The Labute approximate surface area is 351 Å². The Morgan fingerprint density at radius 3 is 2.28 bits per heavy atom. The van der Waals surface area contributed by atoms with Crippen molar-refractivity contribution in [2.45, 2.75) is 131 Å². The Morgan fingerprint density at radius 1 is 0.948 bits per heavy atom. The van der Waals surface area contributed by atoms with Crippen LogP contribution in [0.3, 0.4) is 0 Å². The van der Waals surface area contributed by atoms with Crippen molar-refractivity contribution in [1.29, 1.82) is 0 Å². The lowest BCUT2D eigenvalue weighted by atomic mass is 9.35. The fraction of sp³-hybridized carbons (Fsp3) is 0.750. The molecular weight excluding hydrogens is 750 g/mol. The van der Waals surface area contributed by atoms with Gasteiger partial charge >= 0.3 is 5.97 Å². The Kier molecular flexibility index (Phi) is 11.8. The maximum Gasteiger partial charge on any atom is 0.306 e. The first-order valence-electron chi connectivity index (χ1n) is 22.5. The molecule has 9 nitrogen and oxygen atoms in total. The molecule has 0 spiro atoms. The van der Waals surface area contributed by atoms with Crippen molar-refractivity contribution >= 4 is 35.0 Å². The fourth-order valence-corrected chi connectivity index (χ4v) is 14.9. The highest BCUT2D eigenvalue weighted by molar-refractivity contribution is 6.30. The van der Waals surface area contributed by atoms with E-state index in [1.807, 2.05) is 6.92 Å². The van der Waals surface area contributed by atoms with Crippen molar-refractivity contribution in [3.8, 4) is 0 Å². The molecule has 10 heteroatoms. The lowest BCUT2D eigenvalue weighted by Crippen LogP contribution is -2.62. The standard InChI is InChI=1S/C48H70ClN3O6/c1-27(2)40-37(54)24-47(20-21-51-26-48(58,25-50)52-42(55)29-8-10-31(49)11-9-29)19-15-35-32(41(40)47)12-13-39-45(35,6)18-16-38-44(4,5)30(14-17-46(38,39)7)22-36(53)33-23-34(28(33)3)43(56)57/h8-11,27-28,30,32-35,38-39,51,58H,12-26,50H2,1-7H3,(H,52,55)(H,56,57). The van der Waals surface area contributed by atoms with Gasteiger partial charge in [-0.25, -0.2) is 0 Å². The largest absolute Gasteiger partial charge is 0.481 e. The number of Topliss-reactive ketones (excluding diaryl/α,β-unsaturated/α-hetero) is 2. The molecule has 12 unspecified atom stereocenters. The third-order valence-corrected chi connectivity index (χ3v) is 18.2. The highest BCUT2D eigenvalue weighted by atomic mass is 35.5. The molecule has 0 bridgehead atoms. The number of amides is 1. The van der Waals surface area contributed by atoms with Gasteiger partial charge in [0, 0.05) is 47.9 Å². The van der Waals surface area contributed by atoms with E-state index < -0.39 is 17.6 Å². The molecule has 1 aromatic rings. The van der Waals surface area contributed by atoms with Gasteiger partial charge in [-0.2, -0.15) is 0 Å². The van der Waals surface area contributed by atoms with Gasteiger partial charge in [-0.15, -0.1) is 0 Å². The zero-order chi connectivity index (χ0) is 42.2. The van der Waals surface area contributed by atoms with Gasteiger partial charge in [0.2, 0.25) is 0 Å². The summed E-state index contributed by atoms with van der Waals surface area (Å²) in [6.45, 7) is 16.9. The van der Waals surface area contributed by atoms with E-state index in [9.17, 15) is 29.4 Å². The van der Waals surface area contributed by atoms with E-state index in [4.69, 9.17) is 17.3 Å². The van der Waals surface area contributed by atoms with E-state index in [2.05, 4.69) is 52.2 Å². The molecule has 58 heavy (non-hydrogen) atoms. The molecule has 0 aromatic heterocycles. The highest BCUT2D eigenvalue weighted by Gasteiger charge is 2.66. The Balaban J connectivity index is 1.04. The third-order valence-electron chi connectivity index (χ3n) is 17.9. The average molecular weight is 821 g/mol. The molecule has 1 amide bonds. The molecule has 0 saturated heterocycles. The van der Waals surface area contributed by atoms with Gasteiger partial charge < -0.3 is 26.6 Å². The fourth-order valence-electron chi connectivity index (χ4n) is 14.8. The van der Waals surface area contributed by atoms with Crippen molar-refractivity contribution in [1.82, 2.24) is 10.6 Å². The predicted molar refractivity (Wildman–Crippen MR) is 227 cm³/mol. The molecule has 6 aliphatic rings. The molecule has 5 saturated carbocycles. The zero-order valence-corrected chi connectivity index (χ0v) is 36.9. The van der Waals surface area contributed by atoms with Crippen LogP contribution in [0.15, 0.2) is 35.4 Å². The van der Waals surface area contributed by atoms with Crippen molar-refractivity contribution in [3.63, 3.8) is 0 Å². The molecule has 7 rings (SSSR count). The number of nitrogens with one attached hydrogen (secondary N) is 2. The van der Waals surface area contributed by atoms with E-state index in [1.54, 1.807) is 24.3 Å². The van der Waals surface area contributed by atoms with Crippen molar-refractivity contribution in [2.75, 3.05) is 19.6 Å². The SMILES string of the molecule is CC(C)C1=C2C3CCC4C(C)(CCC5C(C)(C)C(CC(=O)C6CC(C(=O)O)C6C)CCC54C)C3CCC2(CCNCC(O)(CN)NC(=O)c2ccc(Cl)cc2)CC1=O. The summed E-state index contributed by atoms with van der Waals surface area (Å²) in [7, 11) is 0. The van der Waals surface area contributed by atoms with Crippen LogP contribution in [-0.2, 0) is 14.4 Å². The average Bonchev–Trinajstić information content (AvgIpc) is 3.46. The number of carboxylic acid groups (broad SMARTS) is 1. The quantitative estimate of drug-likeness (QED) is 0.0984. The second kappa shape index (κ2) is 15.7. The minimum Gasteiger partial charge on any atom is -0.481 e. The lowest BCUT2D eigenvalue weighted by molar-refractivity contribution is -0.193. The number of ketones is 2. The van der Waals surface area contributed by atoms with Crippen LogP contribution in [0.4, 0.5) is 0 Å². The number of hydrogen-bond acceptors (Lipinski definition) is 7. The van der Waals surface area contributed by atoms with Crippen LogP contribution in [-0.4, -0.2) is 59.0 Å². The number of allylic oxidation sites excluding steroid dienone is 2. The van der Waals surface area contributed by atoms with Crippen LogP contribution in [0.25, 0.3) is 0 Å². The van der Waals surface area contributed by atoms with Crippen LogP contribution in [0, 0.1) is 74.9 Å². The summed E-state index contributed by atoms with van der Waals surface area (Å²) in [5.41, 5.74) is 7.45. The number of halogens is 1. The number of carbonyl (C=O) groups is 4. The minimum atomic E-state index is -1.63. The Morgan fingerprint density at radius 2 is 1.64 bits per heavy atom. The number of carbonyl (C=O) groups excluding carboxylic acids is 3. The van der Waals surface area contributed by atoms with E-state index in [1.165, 1.54) is 12.0 Å². The van der Waals surface area contributed by atoms with Gasteiger partial charge in [0.15, 0.2) is 11.5 Å². The maximum atomic E-state index is 14.0. The van der Waals surface area contributed by atoms with Crippen LogP contribution in [0.1, 0.15) is 136 Å². The van der Waals surface area contributed by atoms with Crippen molar-refractivity contribution in [2.24, 2.45) is 80.7 Å². The monoisotopic (exact) mass is 819 g/mol. The van der Waals surface area contributed by atoms with E-state index >= 15 is 0 Å². The summed E-state index contributed by atoms with van der Waals surface area (Å²) in [6, 6.07) is 6.50. The van der Waals surface area contributed by atoms with Gasteiger partial charge in [0.1, 0.15) is 5.78 Å². The maximum absolute atomic E-state index is 14.0. The number of benzene rings is 1. The molecule has 1 aromatic carbocycles. The minimum absolute atomic E-state index is 0.0225. The number of aliphatic hydroxyl groups is 1. The smallest absolute Gasteiger partial charge is 0.306 e. The van der Waals surface area contributed by atoms with Crippen LogP contribution >= 0.6 is 11.6 Å². The summed E-state index contributed by atoms with van der Waals surface area (Å²) < 4.78 is 0. The molecule has 12 atom stereocenters. The first kappa shape index (κ1) is 43.5. The van der Waals surface area contributed by atoms with Gasteiger partial charge in [0.25, 0.3) is 5.91 Å². The Bertz CT molecular complexity index is 1830. The molecule has 0 heterocycles. The Hall–Kier alpha value is -2.59. The molecule has 320 valence electrons. The van der Waals surface area contributed by atoms with Crippen LogP contribution in [0.5, 0.6) is 0 Å². The number of fused-ring (bicyclic) bond motifs is 7. The summed E-state index contributed by atoms with van der Waals surface area (Å²) in [5.74, 6) is 1.35. The number of hydrogen-bond donors (Lipinski definition) is 5. The van der Waals surface area contributed by atoms with Crippen LogP contribution < -0.4 is 16.4 Å². The second-order valence-electron chi connectivity index (χ2n) is 21.3. The molecule has 0 aliphatic heterocycles. The van der Waals surface area contributed by atoms with Crippen molar-refractivity contribution in [3.05, 3.63) is 46.0 Å². The topological polar surface area (TPSA) is 159 Å². The first-order chi connectivity index (χ1) is 27.2. The normalized spacial score (nSPS) is 38.8. The summed E-state index contributed by atoms with van der Waals surface area (Å²) in [5, 5.41) is 27.5. The lowest BCUT2D eigenvalue weighted by Gasteiger charge is -2.69. The second-order valence-corrected chi connectivity index (χ2v) is 21.8. The molecule has 0 radical (unpaired) electrons. The molecular formula is C48H70ClN3O6. The molecule has 6 aliphatic carbocycles. The van der Waals surface area contributed by atoms with Gasteiger partial charge in [-0.05, 0) is 158 Å². The predicted octanol–water partition coefficient (Wildman–Crippen LogP) is 8.22. The number of rotatable bonds is 13. The van der Waals surface area contributed by atoms with E-state index in [0.29, 0.717) is 71.8 Å². The van der Waals surface area contributed by atoms with E-state index in [-0.39, 0.29) is 64.2 Å². The number of aliphatic carboxylic acids is 1. The first-order valence-corrected chi connectivity index (χ1v) is 22.8. The number of nitrogens with two attached hydrogens (primary N) is 1. The number of carboxylic acids is 1. The van der Waals surface area contributed by atoms with Gasteiger partial charge in [0.05, 0.1) is 5.92 Å². The van der Waals surface area contributed by atoms with Crippen molar-refractivity contribution < 1.29 is 29.4 Å². The highest BCUT2D eigenvalue weighted by Crippen LogP contribution is 2.74. The van der Waals surface area contributed by atoms with Gasteiger partial charge in [-0.1, -0.05) is 65.6 Å². The third kappa shape index (κ3) is 7.23. The summed E-state index contributed by atoms with van der Waals surface area (Å²) >= 11 is 6.00. The molecule has 5 fully saturated rings. The summed E-state index contributed by atoms with van der Waals surface area (Å²) in [6.07, 6.45) is 11.3.